The van der Waals surface area contributed by atoms with Gasteiger partial charge >= 0.3 is 0 Å². The van der Waals surface area contributed by atoms with Gasteiger partial charge in [-0.15, -0.1) is 0 Å². The Labute approximate surface area is 196 Å². The van der Waals surface area contributed by atoms with Gasteiger partial charge < -0.3 is 19.3 Å². The van der Waals surface area contributed by atoms with Gasteiger partial charge in [0.15, 0.2) is 11.5 Å². The van der Waals surface area contributed by atoms with E-state index in [1.54, 1.807) is 24.3 Å². The van der Waals surface area contributed by atoms with Crippen LogP contribution in [0.3, 0.4) is 0 Å². The Bertz CT molecular complexity index is 1280. The molecule has 0 radical (unpaired) electrons. The lowest BCUT2D eigenvalue weighted by Gasteiger charge is -2.10. The first-order valence-corrected chi connectivity index (χ1v) is 11.3. The van der Waals surface area contributed by atoms with Gasteiger partial charge in [-0.1, -0.05) is 6.07 Å². The van der Waals surface area contributed by atoms with Gasteiger partial charge in [0.05, 0.1) is 32.4 Å². The molecule has 34 heavy (non-hydrogen) atoms. The van der Waals surface area contributed by atoms with E-state index in [-0.39, 0.29) is 27.7 Å². The molecule has 0 bridgehead atoms. The summed E-state index contributed by atoms with van der Waals surface area (Å²) in [5.41, 5.74) is 3.27. The summed E-state index contributed by atoms with van der Waals surface area (Å²) in [6.07, 6.45) is 1.33. The van der Waals surface area contributed by atoms with Crippen LogP contribution in [0.2, 0.25) is 0 Å². The number of ether oxygens (including phenoxy) is 3. The third kappa shape index (κ3) is 5.75. The van der Waals surface area contributed by atoms with Crippen molar-refractivity contribution in [3.05, 3.63) is 71.8 Å². The lowest BCUT2D eigenvalue weighted by atomic mass is 10.2. The Hall–Kier alpha value is -4.25. The van der Waals surface area contributed by atoms with E-state index in [2.05, 4.69) is 15.2 Å². The fourth-order valence-electron chi connectivity index (χ4n) is 2.90. The molecule has 0 saturated heterocycles. The van der Waals surface area contributed by atoms with E-state index in [0.29, 0.717) is 17.0 Å². The van der Waals surface area contributed by atoms with Crippen LogP contribution in [0.1, 0.15) is 15.9 Å². The molecule has 0 fully saturated rings. The molecule has 0 aliphatic rings. The van der Waals surface area contributed by atoms with Crippen molar-refractivity contribution in [2.24, 2.45) is 5.10 Å². The number of hydrogen-bond donors (Lipinski definition) is 3. The number of methoxy groups -OCH3 is 3. The Morgan fingerprint density at radius 2 is 1.59 bits per heavy atom. The highest BCUT2D eigenvalue weighted by atomic mass is 32.2. The van der Waals surface area contributed by atoms with E-state index in [9.17, 15) is 18.3 Å². The topological polar surface area (TPSA) is 136 Å². The van der Waals surface area contributed by atoms with Crippen LogP contribution in [0.15, 0.2) is 70.7 Å². The predicted octanol–water partition coefficient (Wildman–Crippen LogP) is 2.98. The number of carbonyl (C=O) groups is 1. The first-order valence-electron chi connectivity index (χ1n) is 9.82. The average molecular weight is 486 g/mol. The molecule has 3 aromatic rings. The largest absolute Gasteiger partial charge is 0.502 e. The van der Waals surface area contributed by atoms with Crippen LogP contribution in [0.25, 0.3) is 0 Å². The molecule has 0 aliphatic carbocycles. The lowest BCUT2D eigenvalue weighted by Crippen LogP contribution is -2.19. The molecule has 0 heterocycles. The second-order valence-electron chi connectivity index (χ2n) is 6.83. The first kappa shape index (κ1) is 24.4. The van der Waals surface area contributed by atoms with Crippen molar-refractivity contribution >= 4 is 27.8 Å². The molecule has 0 saturated carbocycles. The van der Waals surface area contributed by atoms with Crippen molar-refractivity contribution in [1.29, 1.82) is 0 Å². The summed E-state index contributed by atoms with van der Waals surface area (Å²) in [4.78, 5) is 12.4. The second kappa shape index (κ2) is 10.6. The maximum Gasteiger partial charge on any atom is 0.271 e. The van der Waals surface area contributed by atoms with E-state index in [1.165, 1.54) is 63.9 Å². The van der Waals surface area contributed by atoms with Crippen LogP contribution in [0, 0.1) is 0 Å². The van der Waals surface area contributed by atoms with Gasteiger partial charge in [0.1, 0.15) is 5.75 Å². The van der Waals surface area contributed by atoms with Gasteiger partial charge in [0.2, 0.25) is 5.75 Å². The quantitative estimate of drug-likeness (QED) is 0.313. The van der Waals surface area contributed by atoms with Crippen molar-refractivity contribution in [3.63, 3.8) is 0 Å². The maximum absolute atomic E-state index is 12.7. The van der Waals surface area contributed by atoms with Gasteiger partial charge in [-0.3, -0.25) is 9.52 Å². The molecule has 0 atom stereocenters. The summed E-state index contributed by atoms with van der Waals surface area (Å²) in [7, 11) is 0.361. The highest BCUT2D eigenvalue weighted by molar-refractivity contribution is 7.92. The highest BCUT2D eigenvalue weighted by Crippen LogP contribution is 2.36. The van der Waals surface area contributed by atoms with Crippen LogP contribution in [-0.4, -0.2) is 47.0 Å². The van der Waals surface area contributed by atoms with Crippen molar-refractivity contribution in [1.82, 2.24) is 5.43 Å². The zero-order valence-electron chi connectivity index (χ0n) is 18.6. The van der Waals surface area contributed by atoms with E-state index in [1.807, 2.05) is 0 Å². The molecule has 178 valence electrons. The normalized spacial score (nSPS) is 11.1. The smallest absolute Gasteiger partial charge is 0.271 e. The van der Waals surface area contributed by atoms with Crippen LogP contribution in [0.5, 0.6) is 23.0 Å². The maximum atomic E-state index is 12.7. The molecule has 0 aromatic heterocycles. The minimum absolute atomic E-state index is 0.0899. The Kier molecular flexibility index (Phi) is 7.59. The summed E-state index contributed by atoms with van der Waals surface area (Å²) in [5.74, 6) is 0.165. The SMILES string of the molecule is COc1ccc(NS(=O)(=O)c2cccc(C(=O)N/N=C/c3cc(OC)c(O)c(OC)c3)c2)cc1. The molecule has 1 amide bonds. The van der Waals surface area contributed by atoms with Crippen molar-refractivity contribution in [2.45, 2.75) is 4.90 Å². The van der Waals surface area contributed by atoms with Crippen LogP contribution < -0.4 is 24.4 Å². The molecule has 3 N–H and O–H groups in total. The number of phenolic OH excluding ortho intramolecular Hbond substituents is 1. The fraction of sp³-hybridized carbons (Fsp3) is 0.130. The number of nitrogens with zero attached hydrogens (tertiary/aromatic N) is 1. The number of hydrazone groups is 1. The lowest BCUT2D eigenvalue weighted by molar-refractivity contribution is 0.0955. The highest BCUT2D eigenvalue weighted by Gasteiger charge is 2.17. The average Bonchev–Trinajstić information content (AvgIpc) is 2.85. The van der Waals surface area contributed by atoms with E-state index in [4.69, 9.17) is 14.2 Å². The molecular weight excluding hydrogens is 462 g/mol. The summed E-state index contributed by atoms with van der Waals surface area (Å²) in [6.45, 7) is 0. The van der Waals surface area contributed by atoms with Gasteiger partial charge in [0.25, 0.3) is 15.9 Å². The molecule has 3 aromatic carbocycles. The van der Waals surface area contributed by atoms with Crippen molar-refractivity contribution in [2.75, 3.05) is 26.1 Å². The Morgan fingerprint density at radius 3 is 2.18 bits per heavy atom. The summed E-state index contributed by atoms with van der Waals surface area (Å²) >= 11 is 0. The van der Waals surface area contributed by atoms with Crippen LogP contribution >= 0.6 is 0 Å². The zero-order chi connectivity index (χ0) is 24.7. The van der Waals surface area contributed by atoms with Crippen molar-refractivity contribution in [3.8, 4) is 23.0 Å². The first-order chi connectivity index (χ1) is 16.3. The number of amides is 1. The molecular formula is C23H23N3O7S. The minimum atomic E-state index is -3.93. The molecule has 11 heteroatoms. The number of carbonyl (C=O) groups excluding carboxylic acids is 1. The van der Waals surface area contributed by atoms with E-state index >= 15 is 0 Å². The van der Waals surface area contributed by atoms with E-state index < -0.39 is 15.9 Å². The fourth-order valence-corrected chi connectivity index (χ4v) is 4.00. The van der Waals surface area contributed by atoms with Gasteiger partial charge in [-0.05, 0) is 54.6 Å². The number of anilines is 1. The van der Waals surface area contributed by atoms with Crippen LogP contribution in [0.4, 0.5) is 5.69 Å². The molecule has 0 spiro atoms. The summed E-state index contributed by atoms with van der Waals surface area (Å²) < 4.78 is 43.1. The summed E-state index contributed by atoms with van der Waals surface area (Å²) in [6, 6.07) is 14.9. The molecule has 10 nitrogen and oxygen atoms in total. The third-order valence-corrected chi connectivity index (χ3v) is 6.01. The van der Waals surface area contributed by atoms with Crippen LogP contribution in [-0.2, 0) is 10.0 Å². The second-order valence-corrected chi connectivity index (χ2v) is 8.52. The monoisotopic (exact) mass is 485 g/mol. The summed E-state index contributed by atoms with van der Waals surface area (Å²) in [5, 5.41) is 13.8. The molecule has 0 aliphatic heterocycles. The number of rotatable bonds is 9. The van der Waals surface area contributed by atoms with Gasteiger partial charge in [-0.2, -0.15) is 5.10 Å². The van der Waals surface area contributed by atoms with E-state index in [0.717, 1.165) is 0 Å². The number of sulfonamides is 1. The number of hydrogen-bond acceptors (Lipinski definition) is 8. The third-order valence-electron chi connectivity index (χ3n) is 4.63. The van der Waals surface area contributed by atoms with Crippen molar-refractivity contribution < 1.29 is 32.5 Å². The van der Waals surface area contributed by atoms with Gasteiger partial charge in [0, 0.05) is 16.8 Å². The Balaban J connectivity index is 1.73. The number of nitrogens with one attached hydrogen (secondary N) is 2. The standard InChI is InChI=1S/C23H23N3O7S/c1-31-18-9-7-17(8-10-18)26-34(29,30)19-6-4-5-16(13-19)23(28)25-24-14-15-11-20(32-2)22(27)21(12-15)33-3/h4-14,26-27H,1-3H3,(H,25,28)/b24-14+. The minimum Gasteiger partial charge on any atom is -0.502 e. The van der Waals surface area contributed by atoms with Gasteiger partial charge in [-0.25, -0.2) is 13.8 Å². The molecule has 0 unspecified atom stereocenters. The number of benzene rings is 3. The Morgan fingerprint density at radius 1 is 0.941 bits per heavy atom. The zero-order valence-corrected chi connectivity index (χ0v) is 19.4. The predicted molar refractivity (Wildman–Crippen MR) is 127 cm³/mol. The number of aromatic hydroxyl groups is 1. The number of phenols is 1. The molecule has 3 rings (SSSR count).